The van der Waals surface area contributed by atoms with Gasteiger partial charge in [-0.25, -0.2) is 14.8 Å². The lowest BCUT2D eigenvalue weighted by Crippen LogP contribution is -2.29. The molecule has 0 fully saturated rings. The van der Waals surface area contributed by atoms with Gasteiger partial charge in [-0.15, -0.1) is 0 Å². The quantitative estimate of drug-likeness (QED) is 0.419. The summed E-state index contributed by atoms with van der Waals surface area (Å²) in [7, 11) is 0. The second-order valence-corrected chi connectivity index (χ2v) is 5.62. The molecule has 0 aliphatic carbocycles. The Balaban J connectivity index is 1.58. The maximum atomic E-state index is 12.1. The highest BCUT2D eigenvalue weighted by atomic mass is 35.5. The van der Waals surface area contributed by atoms with E-state index in [-0.39, 0.29) is 11.0 Å². The van der Waals surface area contributed by atoms with Crippen LogP contribution in [0.3, 0.4) is 0 Å². The Kier molecular flexibility index (Phi) is 5.28. The van der Waals surface area contributed by atoms with Crippen LogP contribution >= 0.6 is 11.6 Å². The van der Waals surface area contributed by atoms with Crippen LogP contribution < -0.4 is 5.32 Å². The zero-order chi connectivity index (χ0) is 18.5. The summed E-state index contributed by atoms with van der Waals surface area (Å²) in [6, 6.07) is 10.4. The predicted octanol–water partition coefficient (Wildman–Crippen LogP) is 3.46. The zero-order valence-corrected chi connectivity index (χ0v) is 14.4. The predicted molar refractivity (Wildman–Crippen MR) is 96.5 cm³/mol. The van der Waals surface area contributed by atoms with Crippen LogP contribution in [0.15, 0.2) is 53.1 Å². The Labute approximate surface area is 153 Å². The fourth-order valence-corrected chi connectivity index (χ4v) is 2.25. The van der Waals surface area contributed by atoms with Crippen LogP contribution in [0.1, 0.15) is 12.8 Å². The molecule has 1 atom stereocenters. The van der Waals surface area contributed by atoms with E-state index in [4.69, 9.17) is 20.8 Å². The highest BCUT2D eigenvalue weighted by Crippen LogP contribution is 2.18. The molecular weight excluding hydrogens is 358 g/mol. The van der Waals surface area contributed by atoms with Crippen LogP contribution in [0.25, 0.3) is 17.2 Å². The first-order valence-electron chi connectivity index (χ1n) is 7.68. The third-order valence-electron chi connectivity index (χ3n) is 3.35. The van der Waals surface area contributed by atoms with Gasteiger partial charge in [0.25, 0.3) is 5.91 Å². The highest BCUT2D eigenvalue weighted by Gasteiger charge is 2.18. The van der Waals surface area contributed by atoms with Crippen molar-refractivity contribution in [2.45, 2.75) is 13.0 Å². The average Bonchev–Trinajstić information content (AvgIpc) is 3.05. The van der Waals surface area contributed by atoms with Crippen molar-refractivity contribution in [2.24, 2.45) is 0 Å². The zero-order valence-electron chi connectivity index (χ0n) is 13.7. The van der Waals surface area contributed by atoms with Gasteiger partial charge in [-0.1, -0.05) is 23.7 Å². The minimum atomic E-state index is -1.02. The molecule has 0 saturated carbocycles. The van der Waals surface area contributed by atoms with Crippen LogP contribution in [0.4, 0.5) is 5.69 Å². The molecule has 0 bridgehead atoms. The van der Waals surface area contributed by atoms with E-state index >= 15 is 0 Å². The molecule has 132 valence electrons. The first kappa shape index (κ1) is 17.6. The maximum Gasteiger partial charge on any atom is 0.331 e. The van der Waals surface area contributed by atoms with Gasteiger partial charge in [0.15, 0.2) is 16.8 Å². The third kappa shape index (κ3) is 4.25. The lowest BCUT2D eigenvalue weighted by Gasteiger charge is -2.12. The molecule has 7 nitrogen and oxygen atoms in total. The largest absolute Gasteiger partial charge is 0.449 e. The van der Waals surface area contributed by atoms with E-state index in [1.807, 2.05) is 12.1 Å². The number of pyridine rings is 1. The summed E-state index contributed by atoms with van der Waals surface area (Å²) in [5.41, 5.74) is 1.63. The number of nitrogens with one attached hydrogen (secondary N) is 1. The number of anilines is 1. The smallest absolute Gasteiger partial charge is 0.331 e. The Hall–Kier alpha value is -3.19. The molecular formula is C18H14ClN3O4. The van der Waals surface area contributed by atoms with E-state index < -0.39 is 18.0 Å². The van der Waals surface area contributed by atoms with Crippen LogP contribution in [0, 0.1) is 0 Å². The molecule has 2 aromatic heterocycles. The normalized spacial score (nSPS) is 12.2. The van der Waals surface area contributed by atoms with E-state index in [1.54, 1.807) is 24.3 Å². The number of hydrogen-bond acceptors (Lipinski definition) is 6. The van der Waals surface area contributed by atoms with E-state index in [2.05, 4.69) is 15.3 Å². The van der Waals surface area contributed by atoms with E-state index in [0.717, 1.165) is 6.08 Å². The lowest BCUT2D eigenvalue weighted by molar-refractivity contribution is -0.148. The molecule has 0 aliphatic rings. The Bertz CT molecular complexity index is 950. The molecule has 3 rings (SSSR count). The van der Waals surface area contributed by atoms with Gasteiger partial charge in [-0.3, -0.25) is 4.79 Å². The molecule has 0 unspecified atom stereocenters. The van der Waals surface area contributed by atoms with Gasteiger partial charge in [0, 0.05) is 18.3 Å². The van der Waals surface area contributed by atoms with Crippen molar-refractivity contribution < 1.29 is 18.7 Å². The molecule has 1 N–H and O–H groups in total. The summed E-state index contributed by atoms with van der Waals surface area (Å²) in [5, 5.41) is 2.69. The SMILES string of the molecule is C[C@H](OC(=O)/C=C/c1nc2ccccc2o1)C(=O)Nc1cccnc1Cl. The van der Waals surface area contributed by atoms with Crippen LogP contribution in [0.5, 0.6) is 0 Å². The Morgan fingerprint density at radius 2 is 2.08 bits per heavy atom. The number of rotatable bonds is 5. The van der Waals surface area contributed by atoms with E-state index in [0.29, 0.717) is 16.8 Å². The molecule has 26 heavy (non-hydrogen) atoms. The summed E-state index contributed by atoms with van der Waals surface area (Å²) in [4.78, 5) is 32.0. The third-order valence-corrected chi connectivity index (χ3v) is 3.65. The van der Waals surface area contributed by atoms with E-state index in [9.17, 15) is 9.59 Å². The fourth-order valence-electron chi connectivity index (χ4n) is 2.08. The summed E-state index contributed by atoms with van der Waals surface area (Å²) < 4.78 is 10.5. The molecule has 8 heteroatoms. The van der Waals surface area contributed by atoms with Gasteiger partial charge < -0.3 is 14.5 Å². The van der Waals surface area contributed by atoms with Crippen molar-refractivity contribution in [2.75, 3.05) is 5.32 Å². The van der Waals surface area contributed by atoms with Crippen LogP contribution in [-0.2, 0) is 14.3 Å². The standard InChI is InChI=1S/C18H14ClN3O4/c1-11(18(24)22-13-6-4-10-20-17(13)19)25-16(23)9-8-15-21-12-5-2-3-7-14(12)26-15/h2-11H,1H3,(H,22,24)/b9-8+/t11-/m0/s1. The maximum absolute atomic E-state index is 12.1. The van der Waals surface area contributed by atoms with Crippen molar-refractivity contribution in [3.8, 4) is 0 Å². The summed E-state index contributed by atoms with van der Waals surface area (Å²) in [6.45, 7) is 1.45. The second kappa shape index (κ2) is 7.79. The number of ether oxygens (including phenoxy) is 1. The molecule has 2 heterocycles. The van der Waals surface area contributed by atoms with E-state index in [1.165, 1.54) is 19.2 Å². The van der Waals surface area contributed by atoms with Gasteiger partial charge in [0.1, 0.15) is 5.52 Å². The van der Waals surface area contributed by atoms with Gasteiger partial charge in [0.2, 0.25) is 5.89 Å². The number of carbonyl (C=O) groups is 2. The Morgan fingerprint density at radius 1 is 1.27 bits per heavy atom. The number of esters is 1. The van der Waals surface area contributed by atoms with Gasteiger partial charge in [-0.2, -0.15) is 0 Å². The van der Waals surface area contributed by atoms with Crippen LogP contribution in [-0.4, -0.2) is 27.9 Å². The first-order valence-corrected chi connectivity index (χ1v) is 8.06. The number of hydrogen-bond donors (Lipinski definition) is 1. The fraction of sp³-hybridized carbons (Fsp3) is 0.111. The topological polar surface area (TPSA) is 94.3 Å². The summed E-state index contributed by atoms with van der Waals surface area (Å²) in [5.74, 6) is -0.960. The molecule has 0 spiro atoms. The minimum absolute atomic E-state index is 0.148. The Morgan fingerprint density at radius 3 is 2.85 bits per heavy atom. The molecule has 1 aromatic carbocycles. The lowest BCUT2D eigenvalue weighted by atomic mass is 10.3. The number of oxazole rings is 1. The number of nitrogens with zero attached hydrogens (tertiary/aromatic N) is 2. The minimum Gasteiger partial charge on any atom is -0.449 e. The average molecular weight is 372 g/mol. The van der Waals surface area contributed by atoms with Gasteiger partial charge in [0.05, 0.1) is 5.69 Å². The monoisotopic (exact) mass is 371 g/mol. The van der Waals surface area contributed by atoms with Crippen molar-refractivity contribution in [1.82, 2.24) is 9.97 Å². The van der Waals surface area contributed by atoms with Crippen molar-refractivity contribution in [3.05, 3.63) is 59.7 Å². The first-order chi connectivity index (χ1) is 12.5. The number of amides is 1. The summed E-state index contributed by atoms with van der Waals surface area (Å²) in [6.07, 6.45) is 3.00. The van der Waals surface area contributed by atoms with Crippen molar-refractivity contribution in [1.29, 1.82) is 0 Å². The number of aromatic nitrogens is 2. The second-order valence-electron chi connectivity index (χ2n) is 5.26. The molecule has 0 aliphatic heterocycles. The molecule has 0 radical (unpaired) electrons. The van der Waals surface area contributed by atoms with Crippen molar-refractivity contribution >= 4 is 46.3 Å². The number of benzene rings is 1. The number of fused-ring (bicyclic) bond motifs is 1. The number of carbonyl (C=O) groups excluding carboxylic acids is 2. The number of para-hydroxylation sites is 2. The summed E-state index contributed by atoms with van der Waals surface area (Å²) >= 11 is 5.87. The van der Waals surface area contributed by atoms with Crippen LogP contribution in [0.2, 0.25) is 5.15 Å². The molecule has 1 amide bonds. The van der Waals surface area contributed by atoms with Gasteiger partial charge in [-0.05, 0) is 31.2 Å². The van der Waals surface area contributed by atoms with Crippen molar-refractivity contribution in [3.63, 3.8) is 0 Å². The highest BCUT2D eigenvalue weighted by molar-refractivity contribution is 6.32. The van der Waals surface area contributed by atoms with Gasteiger partial charge >= 0.3 is 5.97 Å². The molecule has 3 aromatic rings. The molecule has 0 saturated heterocycles. The number of halogens is 1.